The lowest BCUT2D eigenvalue weighted by atomic mass is 10.3. The van der Waals surface area contributed by atoms with Crippen molar-refractivity contribution in [2.75, 3.05) is 19.1 Å². The zero-order valence-electron chi connectivity index (χ0n) is 9.72. The fourth-order valence-corrected chi connectivity index (χ4v) is 2.47. The SMILES string of the molecule is CCSc1nc(OC)c(C(N)=O)c([S+](C)[O-])n1. The molecule has 0 aliphatic heterocycles. The summed E-state index contributed by atoms with van der Waals surface area (Å²) in [6.07, 6.45) is 1.43. The number of hydrogen-bond acceptors (Lipinski definition) is 6. The quantitative estimate of drug-likeness (QED) is 0.362. The predicted octanol–water partition coefficient (Wildman–Crippen LogP) is 0.434. The molecule has 0 fully saturated rings. The number of methoxy groups -OCH3 is 1. The van der Waals surface area contributed by atoms with Gasteiger partial charge in [0.05, 0.1) is 7.11 Å². The summed E-state index contributed by atoms with van der Waals surface area (Å²) in [5, 5.41) is 0.528. The first-order valence-corrected chi connectivity index (χ1v) is 7.27. The first kappa shape index (κ1) is 14.1. The zero-order valence-corrected chi connectivity index (χ0v) is 11.4. The fourth-order valence-electron chi connectivity index (χ4n) is 1.16. The smallest absolute Gasteiger partial charge is 0.265 e. The molecule has 0 aliphatic rings. The van der Waals surface area contributed by atoms with Gasteiger partial charge in [-0.1, -0.05) is 18.7 Å². The van der Waals surface area contributed by atoms with Crippen molar-refractivity contribution >= 4 is 28.8 Å². The molecule has 94 valence electrons. The van der Waals surface area contributed by atoms with E-state index in [0.717, 1.165) is 5.75 Å². The molecular formula is C9H13N3O3S2. The first-order chi connectivity index (χ1) is 8.01. The number of rotatable bonds is 5. The molecule has 0 aromatic carbocycles. The summed E-state index contributed by atoms with van der Waals surface area (Å²) in [7, 11) is 1.37. The van der Waals surface area contributed by atoms with Crippen molar-refractivity contribution in [1.29, 1.82) is 0 Å². The van der Waals surface area contributed by atoms with Gasteiger partial charge in [-0.25, -0.2) is 0 Å². The lowest BCUT2D eigenvalue weighted by Crippen LogP contribution is -2.20. The molecule has 0 radical (unpaired) electrons. The maximum Gasteiger partial charge on any atom is 0.265 e. The Bertz CT molecular complexity index is 426. The Morgan fingerprint density at radius 3 is 2.65 bits per heavy atom. The van der Waals surface area contributed by atoms with E-state index in [1.54, 1.807) is 0 Å². The molecule has 17 heavy (non-hydrogen) atoms. The average molecular weight is 275 g/mol. The number of carbonyl (C=O) groups is 1. The van der Waals surface area contributed by atoms with Crippen LogP contribution in [-0.2, 0) is 11.2 Å². The summed E-state index contributed by atoms with van der Waals surface area (Å²) in [6, 6.07) is 0. The number of carbonyl (C=O) groups excluding carboxylic acids is 1. The molecule has 2 N–H and O–H groups in total. The van der Waals surface area contributed by atoms with Crippen LogP contribution in [0.15, 0.2) is 10.2 Å². The summed E-state index contributed by atoms with van der Waals surface area (Å²) in [4.78, 5) is 19.4. The molecule has 1 aromatic heterocycles. The third kappa shape index (κ3) is 3.24. The number of hydrogen-bond donors (Lipinski definition) is 1. The van der Waals surface area contributed by atoms with Gasteiger partial charge in [-0.05, 0) is 5.75 Å². The molecule has 8 heteroatoms. The van der Waals surface area contributed by atoms with Crippen molar-refractivity contribution in [3.8, 4) is 5.88 Å². The highest BCUT2D eigenvalue weighted by molar-refractivity contribution is 7.99. The summed E-state index contributed by atoms with van der Waals surface area (Å²) in [6.45, 7) is 1.94. The van der Waals surface area contributed by atoms with Crippen molar-refractivity contribution in [3.63, 3.8) is 0 Å². The van der Waals surface area contributed by atoms with Crippen LogP contribution in [0, 0.1) is 0 Å². The van der Waals surface area contributed by atoms with Crippen molar-refractivity contribution in [1.82, 2.24) is 9.97 Å². The van der Waals surface area contributed by atoms with Crippen LogP contribution in [0.3, 0.4) is 0 Å². The molecular weight excluding hydrogens is 262 g/mol. The van der Waals surface area contributed by atoms with E-state index < -0.39 is 17.1 Å². The lowest BCUT2D eigenvalue weighted by molar-refractivity contribution is 0.0992. The van der Waals surface area contributed by atoms with E-state index in [2.05, 4.69) is 9.97 Å². The van der Waals surface area contributed by atoms with Crippen LogP contribution in [0.1, 0.15) is 17.3 Å². The number of primary amides is 1. The second kappa shape index (κ2) is 6.08. The normalized spacial score (nSPS) is 12.2. The summed E-state index contributed by atoms with van der Waals surface area (Å²) in [5.41, 5.74) is 5.19. The maximum absolute atomic E-state index is 11.5. The molecule has 1 unspecified atom stereocenters. The van der Waals surface area contributed by atoms with Gasteiger partial charge in [-0.2, -0.15) is 9.97 Å². The van der Waals surface area contributed by atoms with Crippen molar-refractivity contribution in [2.24, 2.45) is 5.73 Å². The van der Waals surface area contributed by atoms with Crippen molar-refractivity contribution in [2.45, 2.75) is 17.1 Å². The van der Waals surface area contributed by atoms with E-state index in [1.807, 2.05) is 6.92 Å². The molecule has 1 heterocycles. The minimum Gasteiger partial charge on any atom is -0.610 e. The Morgan fingerprint density at radius 2 is 2.24 bits per heavy atom. The third-order valence-corrected chi connectivity index (χ3v) is 3.38. The van der Waals surface area contributed by atoms with Gasteiger partial charge in [-0.3, -0.25) is 4.79 Å². The van der Waals surface area contributed by atoms with Crippen LogP contribution in [0.25, 0.3) is 0 Å². The van der Waals surface area contributed by atoms with Gasteiger partial charge in [0, 0.05) is 11.2 Å². The Hall–Kier alpha value is -0.990. The molecule has 1 atom stereocenters. The summed E-state index contributed by atoms with van der Waals surface area (Å²) in [5.74, 6) is 0.0724. The Morgan fingerprint density at radius 1 is 1.59 bits per heavy atom. The van der Waals surface area contributed by atoms with Crippen molar-refractivity contribution < 1.29 is 14.1 Å². The van der Waals surface area contributed by atoms with Crippen LogP contribution in [0.2, 0.25) is 0 Å². The molecule has 1 amide bonds. The number of thioether (sulfide) groups is 1. The topological polar surface area (TPSA) is 101 Å². The van der Waals surface area contributed by atoms with Gasteiger partial charge in [0.2, 0.25) is 5.88 Å². The number of aromatic nitrogens is 2. The molecule has 0 bridgehead atoms. The minimum atomic E-state index is -1.43. The molecule has 0 spiro atoms. The summed E-state index contributed by atoms with van der Waals surface area (Å²) < 4.78 is 16.5. The number of nitrogens with two attached hydrogens (primary N) is 1. The molecule has 6 nitrogen and oxygen atoms in total. The predicted molar refractivity (Wildman–Crippen MR) is 65.8 cm³/mol. The average Bonchev–Trinajstić information content (AvgIpc) is 2.27. The highest BCUT2D eigenvalue weighted by Gasteiger charge is 2.26. The largest absolute Gasteiger partial charge is 0.610 e. The van der Waals surface area contributed by atoms with Crippen LogP contribution in [0.5, 0.6) is 5.88 Å². The highest BCUT2D eigenvalue weighted by atomic mass is 32.2. The lowest BCUT2D eigenvalue weighted by Gasteiger charge is -2.11. The van der Waals surface area contributed by atoms with E-state index in [4.69, 9.17) is 10.5 Å². The molecule has 0 saturated carbocycles. The third-order valence-electron chi connectivity index (χ3n) is 1.81. The van der Waals surface area contributed by atoms with Gasteiger partial charge in [0.25, 0.3) is 10.9 Å². The Kier molecular flexibility index (Phi) is 5.03. The van der Waals surface area contributed by atoms with Crippen LogP contribution in [-0.4, -0.2) is 39.5 Å². The number of nitrogens with zero attached hydrogens (tertiary/aromatic N) is 2. The fraction of sp³-hybridized carbons (Fsp3) is 0.444. The van der Waals surface area contributed by atoms with E-state index in [1.165, 1.54) is 25.1 Å². The van der Waals surface area contributed by atoms with Crippen molar-refractivity contribution in [3.05, 3.63) is 5.56 Å². The van der Waals surface area contributed by atoms with E-state index in [-0.39, 0.29) is 16.5 Å². The van der Waals surface area contributed by atoms with Gasteiger partial charge in [0.1, 0.15) is 6.26 Å². The van der Waals surface area contributed by atoms with Crippen LogP contribution in [0.4, 0.5) is 0 Å². The monoisotopic (exact) mass is 275 g/mol. The van der Waals surface area contributed by atoms with E-state index in [9.17, 15) is 9.35 Å². The molecule has 1 aromatic rings. The summed E-state index contributed by atoms with van der Waals surface area (Å²) >= 11 is -0.0641. The molecule has 0 saturated heterocycles. The number of amides is 1. The van der Waals surface area contributed by atoms with Gasteiger partial charge in [0.15, 0.2) is 10.7 Å². The molecule has 0 aliphatic carbocycles. The van der Waals surface area contributed by atoms with Crippen LogP contribution < -0.4 is 10.5 Å². The number of ether oxygens (including phenoxy) is 1. The standard InChI is InChI=1S/C9H13N3O3S2/c1-4-16-9-11-7(15-2)5(6(10)13)8(12-9)17(3)14/h4H2,1-3H3,(H2,10,13). The Labute approximate surface area is 107 Å². The second-order valence-electron chi connectivity index (χ2n) is 2.95. The maximum atomic E-state index is 11.5. The minimum absolute atomic E-state index is 0.0196. The van der Waals surface area contributed by atoms with Gasteiger partial charge >= 0.3 is 0 Å². The van der Waals surface area contributed by atoms with Crippen LogP contribution >= 0.6 is 11.8 Å². The van der Waals surface area contributed by atoms with E-state index in [0.29, 0.717) is 5.16 Å². The second-order valence-corrected chi connectivity index (χ2v) is 5.47. The Balaban J connectivity index is 3.40. The zero-order chi connectivity index (χ0) is 13.0. The molecule has 1 rings (SSSR count). The first-order valence-electron chi connectivity index (χ1n) is 4.73. The van der Waals surface area contributed by atoms with Gasteiger partial charge < -0.3 is 15.0 Å². The van der Waals surface area contributed by atoms with E-state index >= 15 is 0 Å². The highest BCUT2D eigenvalue weighted by Crippen LogP contribution is 2.25. The van der Waals surface area contributed by atoms with Gasteiger partial charge in [-0.15, -0.1) is 0 Å².